The summed E-state index contributed by atoms with van der Waals surface area (Å²) in [7, 11) is 0. The van der Waals surface area contributed by atoms with E-state index in [0.29, 0.717) is 5.16 Å². The smallest absolute Gasteiger partial charge is 0.242 e. The van der Waals surface area contributed by atoms with Gasteiger partial charge in [-0.2, -0.15) is 0 Å². The van der Waals surface area contributed by atoms with Crippen molar-refractivity contribution in [2.45, 2.75) is 18.5 Å². The Kier molecular flexibility index (Phi) is 5.28. The third kappa shape index (κ3) is 3.83. The van der Waals surface area contributed by atoms with Gasteiger partial charge >= 0.3 is 0 Å². The summed E-state index contributed by atoms with van der Waals surface area (Å²) < 4.78 is 0. The number of carbonyl (C=O) groups excluding carboxylic acids is 1. The number of thioether (sulfide) groups is 1. The Morgan fingerprint density at radius 2 is 1.62 bits per heavy atom. The lowest BCUT2D eigenvalue weighted by Crippen LogP contribution is -2.27. The molecule has 6 heteroatoms. The lowest BCUT2D eigenvalue weighted by molar-refractivity contribution is -0.115. The topological polar surface area (TPSA) is 61.9 Å². The average Bonchev–Trinajstić information content (AvgIpc) is 3.10. The molecular formula is C18H18N4OS. The Hall–Kier alpha value is -2.60. The van der Waals surface area contributed by atoms with Gasteiger partial charge in [0.25, 0.3) is 0 Å². The van der Waals surface area contributed by atoms with E-state index in [1.165, 1.54) is 11.8 Å². The summed E-state index contributed by atoms with van der Waals surface area (Å²) in [4.78, 5) is 18.9. The molecule has 0 aliphatic heterocycles. The minimum absolute atomic E-state index is 0.0137. The number of nitrogens with zero attached hydrogens (tertiary/aromatic N) is 3. The molecule has 0 fully saturated rings. The van der Waals surface area contributed by atoms with Crippen molar-refractivity contribution in [1.82, 2.24) is 15.2 Å². The lowest BCUT2D eigenvalue weighted by Gasteiger charge is -2.22. The van der Waals surface area contributed by atoms with E-state index in [1.807, 2.05) is 67.6 Å². The van der Waals surface area contributed by atoms with Gasteiger partial charge in [0.1, 0.15) is 5.82 Å². The van der Waals surface area contributed by atoms with E-state index in [4.69, 9.17) is 0 Å². The zero-order chi connectivity index (χ0) is 16.8. The van der Waals surface area contributed by atoms with Gasteiger partial charge in [-0.05, 0) is 24.3 Å². The number of rotatable bonds is 6. The number of nitrogens with one attached hydrogen (secondary N) is 1. The van der Waals surface area contributed by atoms with Crippen LogP contribution in [0, 0.1) is 0 Å². The second-order valence-corrected chi connectivity index (χ2v) is 6.05. The number of aromatic nitrogens is 3. The fourth-order valence-electron chi connectivity index (χ4n) is 2.28. The minimum Gasteiger partial charge on any atom is -0.280 e. The first-order chi connectivity index (χ1) is 11.8. The van der Waals surface area contributed by atoms with Gasteiger partial charge in [-0.25, -0.2) is 4.98 Å². The monoisotopic (exact) mass is 338 g/mol. The average molecular weight is 338 g/mol. The number of hydrogen-bond donors (Lipinski definition) is 1. The highest BCUT2D eigenvalue weighted by molar-refractivity contribution is 7.99. The first kappa shape index (κ1) is 16.3. The number of benzene rings is 2. The molecule has 0 spiro atoms. The fourth-order valence-corrected chi connectivity index (χ4v) is 2.95. The molecule has 0 bridgehead atoms. The van der Waals surface area contributed by atoms with Gasteiger partial charge in [0.2, 0.25) is 11.1 Å². The second-order valence-electron chi connectivity index (χ2n) is 5.11. The van der Waals surface area contributed by atoms with Gasteiger partial charge in [0.15, 0.2) is 0 Å². The van der Waals surface area contributed by atoms with Crippen LogP contribution < -0.4 is 4.90 Å². The molecule has 1 N–H and O–H groups in total. The molecule has 3 aromatic rings. The molecule has 0 radical (unpaired) electrons. The Bertz CT molecular complexity index is 750. The van der Waals surface area contributed by atoms with Crippen LogP contribution in [0.5, 0.6) is 0 Å². The van der Waals surface area contributed by atoms with Crippen LogP contribution in [0.1, 0.15) is 12.7 Å². The molecule has 0 saturated heterocycles. The molecule has 2 aromatic carbocycles. The normalized spacial score (nSPS) is 10.5. The number of aromatic amines is 1. The number of amides is 1. The van der Waals surface area contributed by atoms with Crippen LogP contribution in [-0.2, 0) is 11.2 Å². The van der Waals surface area contributed by atoms with Crippen molar-refractivity contribution in [3.8, 4) is 0 Å². The van der Waals surface area contributed by atoms with Crippen molar-refractivity contribution < 1.29 is 4.79 Å². The van der Waals surface area contributed by atoms with Crippen LogP contribution in [0.4, 0.5) is 11.4 Å². The molecule has 0 saturated carbocycles. The molecule has 0 aliphatic carbocycles. The largest absolute Gasteiger partial charge is 0.280 e. The third-order valence-corrected chi connectivity index (χ3v) is 4.28. The molecule has 1 heterocycles. The van der Waals surface area contributed by atoms with Crippen LogP contribution >= 0.6 is 11.8 Å². The van der Waals surface area contributed by atoms with Crippen LogP contribution in [-0.4, -0.2) is 26.8 Å². The zero-order valence-electron chi connectivity index (χ0n) is 13.3. The van der Waals surface area contributed by atoms with E-state index in [1.54, 1.807) is 4.90 Å². The number of aryl methyl sites for hydroxylation is 1. The third-order valence-electron chi connectivity index (χ3n) is 3.45. The van der Waals surface area contributed by atoms with Crippen LogP contribution in [0.15, 0.2) is 65.8 Å². The van der Waals surface area contributed by atoms with E-state index in [2.05, 4.69) is 15.2 Å². The Morgan fingerprint density at radius 1 is 1.04 bits per heavy atom. The molecule has 1 aromatic heterocycles. The Balaban J connectivity index is 1.79. The molecule has 1 amide bonds. The second kappa shape index (κ2) is 7.79. The van der Waals surface area contributed by atoms with E-state index in [0.717, 1.165) is 23.6 Å². The van der Waals surface area contributed by atoms with Gasteiger partial charge in [-0.3, -0.25) is 14.8 Å². The quantitative estimate of drug-likeness (QED) is 0.694. The van der Waals surface area contributed by atoms with Crippen molar-refractivity contribution in [2.75, 3.05) is 10.7 Å². The highest BCUT2D eigenvalue weighted by Gasteiger charge is 2.18. The fraction of sp³-hybridized carbons (Fsp3) is 0.167. The van der Waals surface area contributed by atoms with Crippen LogP contribution in [0.3, 0.4) is 0 Å². The van der Waals surface area contributed by atoms with Gasteiger partial charge in [0.05, 0.1) is 5.75 Å². The van der Waals surface area contributed by atoms with Gasteiger partial charge in [-0.1, -0.05) is 55.1 Å². The summed E-state index contributed by atoms with van der Waals surface area (Å²) >= 11 is 1.34. The molecule has 24 heavy (non-hydrogen) atoms. The SMILES string of the molecule is CCc1nc(SCC(=O)N(c2ccccc2)c2ccccc2)n[nH]1. The maximum Gasteiger partial charge on any atom is 0.242 e. The first-order valence-electron chi connectivity index (χ1n) is 7.75. The molecule has 0 atom stereocenters. The lowest BCUT2D eigenvalue weighted by atomic mass is 10.2. The van der Waals surface area contributed by atoms with E-state index < -0.39 is 0 Å². The molecule has 5 nitrogen and oxygen atoms in total. The van der Waals surface area contributed by atoms with Gasteiger partial charge in [0, 0.05) is 17.8 Å². The summed E-state index contributed by atoms with van der Waals surface area (Å²) in [5.74, 6) is 1.08. The summed E-state index contributed by atoms with van der Waals surface area (Å²) in [5, 5.41) is 7.58. The molecule has 0 unspecified atom stereocenters. The predicted octanol–water partition coefficient (Wildman–Crippen LogP) is 3.82. The molecular weight excluding hydrogens is 320 g/mol. The van der Waals surface area contributed by atoms with Crippen molar-refractivity contribution in [3.05, 3.63) is 66.5 Å². The van der Waals surface area contributed by atoms with E-state index in [9.17, 15) is 4.79 Å². The zero-order valence-corrected chi connectivity index (χ0v) is 14.2. The predicted molar refractivity (Wildman–Crippen MR) is 96.5 cm³/mol. The van der Waals surface area contributed by atoms with Crippen LogP contribution in [0.25, 0.3) is 0 Å². The van der Waals surface area contributed by atoms with Crippen molar-refractivity contribution >= 4 is 29.0 Å². The van der Waals surface area contributed by atoms with Crippen molar-refractivity contribution in [2.24, 2.45) is 0 Å². The summed E-state index contributed by atoms with van der Waals surface area (Å²) in [6.07, 6.45) is 0.793. The number of H-pyrrole nitrogens is 1. The summed E-state index contributed by atoms with van der Waals surface area (Å²) in [6, 6.07) is 19.3. The number of hydrogen-bond acceptors (Lipinski definition) is 4. The van der Waals surface area contributed by atoms with Crippen molar-refractivity contribution in [3.63, 3.8) is 0 Å². The maximum atomic E-state index is 12.8. The summed E-state index contributed by atoms with van der Waals surface area (Å²) in [6.45, 7) is 2.01. The number of carbonyl (C=O) groups is 1. The Morgan fingerprint density at radius 3 is 2.12 bits per heavy atom. The number of anilines is 2. The highest BCUT2D eigenvalue weighted by atomic mass is 32.2. The Labute approximate surface area is 145 Å². The summed E-state index contributed by atoms with van der Waals surface area (Å²) in [5.41, 5.74) is 1.69. The highest BCUT2D eigenvalue weighted by Crippen LogP contribution is 2.26. The molecule has 0 aliphatic rings. The first-order valence-corrected chi connectivity index (χ1v) is 8.73. The minimum atomic E-state index is -0.0137. The van der Waals surface area contributed by atoms with E-state index in [-0.39, 0.29) is 11.7 Å². The van der Waals surface area contributed by atoms with Crippen molar-refractivity contribution in [1.29, 1.82) is 0 Å². The maximum absolute atomic E-state index is 12.8. The molecule has 3 rings (SSSR count). The van der Waals surface area contributed by atoms with Gasteiger partial charge < -0.3 is 0 Å². The van der Waals surface area contributed by atoms with Crippen LogP contribution in [0.2, 0.25) is 0 Å². The van der Waals surface area contributed by atoms with Gasteiger partial charge in [-0.15, -0.1) is 5.10 Å². The standard InChI is InChI=1S/C18H18N4OS/c1-2-16-19-18(21-20-16)24-13-17(23)22(14-9-5-3-6-10-14)15-11-7-4-8-12-15/h3-12H,2,13H2,1H3,(H,19,20,21). The molecule has 122 valence electrons. The number of para-hydroxylation sites is 2. The van der Waals surface area contributed by atoms with E-state index >= 15 is 0 Å².